The van der Waals surface area contributed by atoms with Gasteiger partial charge in [0.15, 0.2) is 0 Å². The van der Waals surface area contributed by atoms with Crippen LogP contribution in [0.2, 0.25) is 0 Å². The Bertz CT molecular complexity index is 1020. The third kappa shape index (κ3) is 5.74. The van der Waals surface area contributed by atoms with Gasteiger partial charge >= 0.3 is 0 Å². The van der Waals surface area contributed by atoms with Gasteiger partial charge in [0.1, 0.15) is 5.75 Å². The Labute approximate surface area is 184 Å². The molecule has 0 aromatic heterocycles. The summed E-state index contributed by atoms with van der Waals surface area (Å²) in [5, 5.41) is 12.9. The van der Waals surface area contributed by atoms with Crippen molar-refractivity contribution in [3.8, 4) is 5.75 Å². The zero-order valence-corrected chi connectivity index (χ0v) is 17.9. The number of benzene rings is 3. The van der Waals surface area contributed by atoms with E-state index in [1.165, 1.54) is 16.7 Å². The van der Waals surface area contributed by atoms with Gasteiger partial charge in [-0.1, -0.05) is 54.6 Å². The highest BCUT2D eigenvalue weighted by Crippen LogP contribution is 2.24. The largest absolute Gasteiger partial charge is 0.508 e. The molecule has 4 rings (SSSR count). The van der Waals surface area contributed by atoms with Gasteiger partial charge in [-0.05, 0) is 66.1 Å². The number of unbranched alkanes of at least 4 members (excludes halogenated alkanes) is 1. The van der Waals surface area contributed by atoms with Crippen molar-refractivity contribution in [1.82, 2.24) is 10.2 Å². The number of carbonyl (C=O) groups is 1. The first kappa shape index (κ1) is 21.1. The fraction of sp³-hybridized carbons (Fsp3) is 0.296. The molecule has 0 atom stereocenters. The maximum absolute atomic E-state index is 12.8. The van der Waals surface area contributed by atoms with Gasteiger partial charge in [0.25, 0.3) is 5.91 Å². The second-order valence-electron chi connectivity index (χ2n) is 8.27. The molecular formula is C27H30N2O2. The van der Waals surface area contributed by atoms with Crippen molar-refractivity contribution in [3.63, 3.8) is 0 Å². The lowest BCUT2D eigenvalue weighted by Crippen LogP contribution is -2.31. The first-order valence-electron chi connectivity index (χ1n) is 11.1. The molecule has 2 N–H and O–H groups in total. The predicted octanol–water partition coefficient (Wildman–Crippen LogP) is 4.70. The van der Waals surface area contributed by atoms with Gasteiger partial charge in [-0.2, -0.15) is 0 Å². The fourth-order valence-electron chi connectivity index (χ4n) is 4.25. The number of hydrogen-bond acceptors (Lipinski definition) is 3. The lowest BCUT2D eigenvalue weighted by Gasteiger charge is -2.29. The van der Waals surface area contributed by atoms with Crippen molar-refractivity contribution in [2.45, 2.75) is 38.8 Å². The van der Waals surface area contributed by atoms with Crippen LogP contribution in [0.3, 0.4) is 0 Å². The maximum atomic E-state index is 12.8. The molecule has 0 saturated heterocycles. The molecule has 160 valence electrons. The zero-order chi connectivity index (χ0) is 21.5. The Morgan fingerprint density at radius 1 is 0.935 bits per heavy atom. The number of phenols is 1. The van der Waals surface area contributed by atoms with Gasteiger partial charge in [-0.15, -0.1) is 0 Å². The second kappa shape index (κ2) is 10.3. The number of nitrogens with one attached hydrogen (secondary N) is 1. The molecule has 0 saturated carbocycles. The summed E-state index contributed by atoms with van der Waals surface area (Å²) in [7, 11) is 0. The molecule has 1 aliphatic heterocycles. The fourth-order valence-corrected chi connectivity index (χ4v) is 4.25. The Kier molecular flexibility index (Phi) is 7.00. The highest BCUT2D eigenvalue weighted by Gasteiger charge is 2.19. The number of rotatable bonds is 8. The minimum absolute atomic E-state index is 0.00497. The number of fused-ring (bicyclic) bond motifs is 1. The summed E-state index contributed by atoms with van der Waals surface area (Å²) in [6, 6.07) is 24.0. The van der Waals surface area contributed by atoms with Crippen molar-refractivity contribution in [1.29, 1.82) is 0 Å². The molecule has 4 nitrogen and oxygen atoms in total. The summed E-state index contributed by atoms with van der Waals surface area (Å²) in [4.78, 5) is 15.2. The summed E-state index contributed by atoms with van der Waals surface area (Å²) in [6.07, 6.45) is 4.03. The van der Waals surface area contributed by atoms with Crippen molar-refractivity contribution in [2.75, 3.05) is 13.1 Å². The summed E-state index contributed by atoms with van der Waals surface area (Å²) >= 11 is 0. The van der Waals surface area contributed by atoms with E-state index < -0.39 is 0 Å². The van der Waals surface area contributed by atoms with Crippen LogP contribution in [0.1, 0.15) is 45.5 Å². The van der Waals surface area contributed by atoms with Crippen LogP contribution in [-0.2, 0) is 25.9 Å². The molecule has 0 bridgehead atoms. The topological polar surface area (TPSA) is 52.6 Å². The van der Waals surface area contributed by atoms with Crippen LogP contribution < -0.4 is 5.32 Å². The van der Waals surface area contributed by atoms with Gasteiger partial charge in [0.2, 0.25) is 0 Å². The zero-order valence-electron chi connectivity index (χ0n) is 17.9. The smallest absolute Gasteiger partial charge is 0.251 e. The average Bonchev–Trinajstić information content (AvgIpc) is 2.79. The van der Waals surface area contributed by atoms with E-state index in [9.17, 15) is 9.90 Å². The number of hydrogen-bond donors (Lipinski definition) is 2. The molecule has 1 aliphatic rings. The van der Waals surface area contributed by atoms with E-state index in [1.54, 1.807) is 6.07 Å². The van der Waals surface area contributed by atoms with E-state index in [0.29, 0.717) is 12.3 Å². The molecule has 0 aliphatic carbocycles. The van der Waals surface area contributed by atoms with Crippen LogP contribution in [0, 0.1) is 0 Å². The van der Waals surface area contributed by atoms with Crippen LogP contribution in [0.25, 0.3) is 0 Å². The minimum Gasteiger partial charge on any atom is -0.508 e. The van der Waals surface area contributed by atoms with Crippen molar-refractivity contribution in [2.24, 2.45) is 0 Å². The normalized spacial score (nSPS) is 13.5. The molecule has 0 fully saturated rings. The van der Waals surface area contributed by atoms with Crippen LogP contribution >= 0.6 is 0 Å². The highest BCUT2D eigenvalue weighted by atomic mass is 16.3. The standard InChI is InChI=1S/C27H30N2O2/c30-25-14-13-22-15-17-29(20-24(22)18-25)19-23-11-4-5-12-26(23)27(31)28-16-7-6-10-21-8-2-1-3-9-21/h1-5,8-9,11-14,18,30H,6-7,10,15-17,19-20H2,(H,28,31). The molecule has 1 amide bonds. The minimum atomic E-state index is 0.00497. The third-order valence-corrected chi connectivity index (χ3v) is 5.96. The van der Waals surface area contributed by atoms with Crippen LogP contribution in [0.4, 0.5) is 0 Å². The number of amides is 1. The van der Waals surface area contributed by atoms with E-state index in [-0.39, 0.29) is 5.91 Å². The molecular weight excluding hydrogens is 384 g/mol. The van der Waals surface area contributed by atoms with E-state index >= 15 is 0 Å². The highest BCUT2D eigenvalue weighted by molar-refractivity contribution is 5.95. The Balaban J connectivity index is 1.30. The number of aromatic hydroxyl groups is 1. The van der Waals surface area contributed by atoms with Gasteiger partial charge in [-0.25, -0.2) is 0 Å². The monoisotopic (exact) mass is 414 g/mol. The van der Waals surface area contributed by atoms with Crippen molar-refractivity contribution in [3.05, 3.63) is 101 Å². The Hall–Kier alpha value is -3.11. The molecule has 4 heteroatoms. The molecule has 1 heterocycles. The van der Waals surface area contributed by atoms with Crippen LogP contribution in [0.5, 0.6) is 5.75 Å². The lowest BCUT2D eigenvalue weighted by molar-refractivity contribution is 0.0950. The van der Waals surface area contributed by atoms with Crippen molar-refractivity contribution < 1.29 is 9.90 Å². The van der Waals surface area contributed by atoms with Gasteiger partial charge in [0, 0.05) is 31.7 Å². The molecule has 0 radical (unpaired) electrons. The van der Waals surface area contributed by atoms with Crippen LogP contribution in [-0.4, -0.2) is 29.0 Å². The summed E-state index contributed by atoms with van der Waals surface area (Å²) in [5.74, 6) is 0.318. The average molecular weight is 415 g/mol. The SMILES string of the molecule is O=C(NCCCCc1ccccc1)c1ccccc1CN1CCc2ccc(O)cc2C1. The summed E-state index contributed by atoms with van der Waals surface area (Å²) in [6.45, 7) is 3.16. The summed E-state index contributed by atoms with van der Waals surface area (Å²) < 4.78 is 0. The predicted molar refractivity (Wildman–Crippen MR) is 124 cm³/mol. The molecule has 31 heavy (non-hydrogen) atoms. The number of carbonyl (C=O) groups excluding carboxylic acids is 1. The Morgan fingerprint density at radius 2 is 1.74 bits per heavy atom. The van der Waals surface area contributed by atoms with Gasteiger partial charge in [-0.3, -0.25) is 9.69 Å². The lowest BCUT2D eigenvalue weighted by atomic mass is 9.98. The Morgan fingerprint density at radius 3 is 2.61 bits per heavy atom. The quantitative estimate of drug-likeness (QED) is 0.525. The number of nitrogens with zero attached hydrogens (tertiary/aromatic N) is 1. The van der Waals surface area contributed by atoms with Crippen LogP contribution in [0.15, 0.2) is 72.8 Å². The number of aryl methyl sites for hydroxylation is 1. The maximum Gasteiger partial charge on any atom is 0.251 e. The molecule has 0 spiro atoms. The van der Waals surface area contributed by atoms with Gasteiger partial charge in [0.05, 0.1) is 0 Å². The molecule has 0 unspecified atom stereocenters. The molecule has 3 aromatic carbocycles. The van der Waals surface area contributed by atoms with E-state index in [2.05, 4.69) is 34.5 Å². The van der Waals surface area contributed by atoms with E-state index in [1.807, 2.05) is 42.5 Å². The molecule has 3 aromatic rings. The number of phenolic OH excluding ortho intramolecular Hbond substituents is 1. The van der Waals surface area contributed by atoms with Gasteiger partial charge < -0.3 is 10.4 Å². The first-order chi connectivity index (χ1) is 15.2. The van der Waals surface area contributed by atoms with Crippen molar-refractivity contribution >= 4 is 5.91 Å². The van der Waals surface area contributed by atoms with E-state index in [0.717, 1.165) is 56.4 Å². The first-order valence-corrected chi connectivity index (χ1v) is 11.1. The third-order valence-electron chi connectivity index (χ3n) is 5.96. The van der Waals surface area contributed by atoms with E-state index in [4.69, 9.17) is 0 Å². The second-order valence-corrected chi connectivity index (χ2v) is 8.27. The summed E-state index contributed by atoms with van der Waals surface area (Å²) in [5.41, 5.74) is 5.62.